The second-order valence-corrected chi connectivity index (χ2v) is 8.43. The molecular weight excluding hydrogens is 487 g/mol. The number of fused-ring (bicyclic) bond motifs is 1. The molecule has 0 atom stereocenters. The first-order chi connectivity index (χ1) is 17.0. The van der Waals surface area contributed by atoms with Crippen molar-refractivity contribution < 1.29 is 18.4 Å². The lowest BCUT2D eigenvalue weighted by atomic mass is 10.2. The second kappa shape index (κ2) is 9.70. The lowest BCUT2D eigenvalue weighted by Gasteiger charge is -2.01. The van der Waals surface area contributed by atoms with Gasteiger partial charge < -0.3 is 18.9 Å². The highest BCUT2D eigenvalue weighted by Crippen LogP contribution is 2.32. The Morgan fingerprint density at radius 1 is 1.00 bits per heavy atom. The Kier molecular flexibility index (Phi) is 6.31. The Labute approximate surface area is 210 Å². The highest BCUT2D eigenvalue weighted by Gasteiger charge is 2.11. The molecule has 35 heavy (non-hydrogen) atoms. The summed E-state index contributed by atoms with van der Waals surface area (Å²) < 4.78 is 16.9. The molecule has 2 aromatic heterocycles. The van der Waals surface area contributed by atoms with Gasteiger partial charge in [0.1, 0.15) is 22.8 Å². The molecule has 3 aromatic carbocycles. The first-order valence-corrected chi connectivity index (χ1v) is 11.3. The lowest BCUT2D eigenvalue weighted by Crippen LogP contribution is -2.07. The Morgan fingerprint density at radius 2 is 1.89 bits per heavy atom. The van der Waals surface area contributed by atoms with E-state index in [1.165, 1.54) is 6.08 Å². The molecule has 0 saturated carbocycles. The van der Waals surface area contributed by atoms with E-state index in [9.17, 15) is 4.79 Å². The minimum absolute atomic E-state index is 0.316. The van der Waals surface area contributed by atoms with Crippen LogP contribution in [0, 0.1) is 0 Å². The summed E-state index contributed by atoms with van der Waals surface area (Å²) in [5, 5.41) is 3.85. The molecule has 0 saturated heterocycles. The molecule has 0 aliphatic carbocycles. The average molecular weight is 505 g/mol. The van der Waals surface area contributed by atoms with Crippen LogP contribution < -0.4 is 10.1 Å². The number of nitrogens with zero attached hydrogens (tertiary/aromatic N) is 1. The third kappa shape index (κ3) is 5.09. The van der Waals surface area contributed by atoms with E-state index in [2.05, 4.69) is 10.3 Å². The van der Waals surface area contributed by atoms with Crippen molar-refractivity contribution in [3.8, 4) is 28.5 Å². The largest absolute Gasteiger partial charge is 0.497 e. The maximum Gasteiger partial charge on any atom is 0.248 e. The van der Waals surface area contributed by atoms with Crippen LogP contribution in [0.15, 0.2) is 87.7 Å². The lowest BCUT2D eigenvalue weighted by molar-refractivity contribution is -0.111. The quantitative estimate of drug-likeness (QED) is 0.239. The maximum atomic E-state index is 12.5. The van der Waals surface area contributed by atoms with E-state index in [0.29, 0.717) is 50.0 Å². The molecule has 6 nitrogen and oxygen atoms in total. The molecule has 5 rings (SSSR count). The molecule has 2 heterocycles. The number of anilines is 1. The number of carbonyl (C=O) groups is 1. The van der Waals surface area contributed by atoms with Gasteiger partial charge in [-0.15, -0.1) is 0 Å². The van der Waals surface area contributed by atoms with E-state index in [4.69, 9.17) is 36.8 Å². The van der Waals surface area contributed by atoms with Crippen molar-refractivity contribution in [2.24, 2.45) is 0 Å². The summed E-state index contributed by atoms with van der Waals surface area (Å²) >= 11 is 12.2. The van der Waals surface area contributed by atoms with Crippen LogP contribution in [0.4, 0.5) is 5.69 Å². The molecule has 0 unspecified atom stereocenters. The zero-order valence-electron chi connectivity index (χ0n) is 18.4. The van der Waals surface area contributed by atoms with E-state index < -0.39 is 0 Å². The number of amides is 1. The molecule has 0 aliphatic heterocycles. The van der Waals surface area contributed by atoms with Gasteiger partial charge in [0, 0.05) is 27.9 Å². The molecule has 0 bridgehead atoms. The number of furan rings is 1. The molecule has 174 valence electrons. The van der Waals surface area contributed by atoms with Gasteiger partial charge in [0.15, 0.2) is 5.58 Å². The van der Waals surface area contributed by atoms with E-state index in [1.807, 2.05) is 24.3 Å². The average Bonchev–Trinajstić information content (AvgIpc) is 3.50. The number of carbonyl (C=O) groups excluding carboxylic acids is 1. The highest BCUT2D eigenvalue weighted by molar-refractivity contribution is 6.36. The van der Waals surface area contributed by atoms with Crippen LogP contribution in [0.5, 0.6) is 5.75 Å². The molecule has 0 aliphatic rings. The Hall–Kier alpha value is -4.00. The number of nitrogens with one attached hydrogen (secondary N) is 1. The Bertz CT molecular complexity index is 1570. The van der Waals surface area contributed by atoms with Crippen LogP contribution in [-0.2, 0) is 4.79 Å². The fourth-order valence-corrected chi connectivity index (χ4v) is 4.00. The van der Waals surface area contributed by atoms with Crippen molar-refractivity contribution in [2.75, 3.05) is 12.4 Å². The standard InChI is InChI=1S/C27H18Cl2N2O4/c1-33-20-4-2-3-16(13-20)27-31-23-15-18(6-10-25(23)35-27)30-26(32)12-8-19-7-11-24(34-19)21-9-5-17(28)14-22(21)29/h2-15H,1H3,(H,30,32)/b12-8+. The van der Waals surface area contributed by atoms with E-state index in [0.717, 1.165) is 11.1 Å². The predicted molar refractivity (Wildman–Crippen MR) is 138 cm³/mol. The van der Waals surface area contributed by atoms with Crippen LogP contribution in [-0.4, -0.2) is 18.0 Å². The minimum atomic E-state index is -0.316. The number of methoxy groups -OCH3 is 1. The molecule has 8 heteroatoms. The van der Waals surface area contributed by atoms with Crippen molar-refractivity contribution in [3.63, 3.8) is 0 Å². The van der Waals surface area contributed by atoms with Crippen molar-refractivity contribution in [1.29, 1.82) is 0 Å². The molecule has 0 spiro atoms. The van der Waals surface area contributed by atoms with Gasteiger partial charge in [-0.2, -0.15) is 0 Å². The topological polar surface area (TPSA) is 77.5 Å². The van der Waals surface area contributed by atoms with Crippen molar-refractivity contribution in [3.05, 3.63) is 94.7 Å². The van der Waals surface area contributed by atoms with Gasteiger partial charge in [-0.1, -0.05) is 29.3 Å². The van der Waals surface area contributed by atoms with Crippen LogP contribution >= 0.6 is 23.2 Å². The summed E-state index contributed by atoms with van der Waals surface area (Å²) in [4.78, 5) is 17.0. The Morgan fingerprint density at radius 3 is 2.71 bits per heavy atom. The summed E-state index contributed by atoms with van der Waals surface area (Å²) in [7, 11) is 1.61. The smallest absolute Gasteiger partial charge is 0.248 e. The number of rotatable bonds is 6. The summed E-state index contributed by atoms with van der Waals surface area (Å²) in [5.74, 6) is 1.95. The normalized spacial score (nSPS) is 11.3. The second-order valence-electron chi connectivity index (χ2n) is 7.58. The predicted octanol–water partition coefficient (Wildman–Crippen LogP) is 7.72. The number of halogens is 2. The summed E-state index contributed by atoms with van der Waals surface area (Å²) in [6, 6.07) is 21.4. The van der Waals surface area contributed by atoms with Gasteiger partial charge in [0.05, 0.1) is 12.1 Å². The fraction of sp³-hybridized carbons (Fsp3) is 0.0370. The zero-order valence-corrected chi connectivity index (χ0v) is 19.9. The molecule has 1 amide bonds. The Balaban J connectivity index is 1.28. The number of oxazole rings is 1. The van der Waals surface area contributed by atoms with Crippen LogP contribution in [0.3, 0.4) is 0 Å². The summed E-state index contributed by atoms with van der Waals surface area (Å²) in [5.41, 5.74) is 3.34. The van der Waals surface area contributed by atoms with E-state index >= 15 is 0 Å². The first-order valence-electron chi connectivity index (χ1n) is 10.6. The van der Waals surface area contributed by atoms with E-state index in [-0.39, 0.29) is 5.91 Å². The molecular formula is C27H18Cl2N2O4. The number of benzene rings is 3. The zero-order chi connectivity index (χ0) is 24.4. The monoisotopic (exact) mass is 504 g/mol. The van der Waals surface area contributed by atoms with Crippen LogP contribution in [0.2, 0.25) is 10.0 Å². The summed E-state index contributed by atoms with van der Waals surface area (Å²) in [6.07, 6.45) is 2.97. The highest BCUT2D eigenvalue weighted by atomic mass is 35.5. The molecule has 5 aromatic rings. The van der Waals surface area contributed by atoms with Gasteiger partial charge in [-0.25, -0.2) is 4.98 Å². The van der Waals surface area contributed by atoms with Gasteiger partial charge >= 0.3 is 0 Å². The van der Waals surface area contributed by atoms with Crippen molar-refractivity contribution >= 4 is 52.0 Å². The van der Waals surface area contributed by atoms with Gasteiger partial charge in [-0.3, -0.25) is 4.79 Å². The molecule has 1 N–H and O–H groups in total. The van der Waals surface area contributed by atoms with Crippen LogP contribution in [0.25, 0.3) is 40.0 Å². The van der Waals surface area contributed by atoms with Gasteiger partial charge in [0.2, 0.25) is 11.8 Å². The number of ether oxygens (including phenoxy) is 1. The first kappa shape index (κ1) is 22.8. The fourth-order valence-electron chi connectivity index (χ4n) is 3.50. The number of aromatic nitrogens is 1. The van der Waals surface area contributed by atoms with Crippen molar-refractivity contribution in [2.45, 2.75) is 0 Å². The number of hydrogen-bond donors (Lipinski definition) is 1. The SMILES string of the molecule is COc1cccc(-c2nc3cc(NC(=O)/C=C/c4ccc(-c5ccc(Cl)cc5Cl)o4)ccc3o2)c1. The van der Waals surface area contributed by atoms with E-state index in [1.54, 1.807) is 61.7 Å². The third-order valence-corrected chi connectivity index (χ3v) is 5.74. The molecule has 0 radical (unpaired) electrons. The van der Waals surface area contributed by atoms with Gasteiger partial charge in [-0.05, 0) is 72.8 Å². The minimum Gasteiger partial charge on any atom is -0.497 e. The summed E-state index contributed by atoms with van der Waals surface area (Å²) in [6.45, 7) is 0. The third-order valence-electron chi connectivity index (χ3n) is 5.19. The maximum absolute atomic E-state index is 12.5. The van der Waals surface area contributed by atoms with Crippen molar-refractivity contribution in [1.82, 2.24) is 4.98 Å². The molecule has 0 fully saturated rings. The van der Waals surface area contributed by atoms with Gasteiger partial charge in [0.25, 0.3) is 0 Å². The number of hydrogen-bond acceptors (Lipinski definition) is 5. The van der Waals surface area contributed by atoms with Crippen LogP contribution in [0.1, 0.15) is 5.76 Å².